The highest BCUT2D eigenvalue weighted by Crippen LogP contribution is 2.36. The summed E-state index contributed by atoms with van der Waals surface area (Å²) < 4.78 is 34.4. The van der Waals surface area contributed by atoms with Gasteiger partial charge in [-0.25, -0.2) is 13.8 Å². The molecule has 44 heavy (non-hydrogen) atoms. The van der Waals surface area contributed by atoms with Gasteiger partial charge in [0.25, 0.3) is 5.91 Å². The second-order valence-electron chi connectivity index (χ2n) is 11.1. The third-order valence-electron chi connectivity index (χ3n) is 8.41. The standard InChI is InChI=1S/C32H30ClF2N7O2/c1-19(34)31(43)42-16-15-41(17-21(42)12-13-36)30-24-9-11-26(23-7-3-5-20-8-10-25(35)28(33)27(20)23)37-29(24)38-32(39-30)44-18-22-6-4-14-40(22)2/h3,5,7-11,21-22H,1,4,6,12,14-18H2,2H3/t21-,22-/m0/s1. The Bertz CT molecular complexity index is 1810. The van der Waals surface area contributed by atoms with Crippen LogP contribution in [0.3, 0.4) is 0 Å². The molecular formula is C32H30ClF2N7O2. The zero-order valence-electron chi connectivity index (χ0n) is 24.1. The van der Waals surface area contributed by atoms with Crippen LogP contribution in [0.5, 0.6) is 6.01 Å². The third-order valence-corrected chi connectivity index (χ3v) is 8.78. The highest BCUT2D eigenvalue weighted by molar-refractivity contribution is 6.36. The first-order valence-corrected chi connectivity index (χ1v) is 14.8. The van der Waals surface area contributed by atoms with Gasteiger partial charge in [0.05, 0.1) is 34.6 Å². The van der Waals surface area contributed by atoms with Crippen LogP contribution in [0.2, 0.25) is 5.02 Å². The molecule has 226 valence electrons. The Hall–Kier alpha value is -4.40. The van der Waals surface area contributed by atoms with Gasteiger partial charge < -0.3 is 19.4 Å². The van der Waals surface area contributed by atoms with Gasteiger partial charge in [0, 0.05) is 36.6 Å². The number of hydrogen-bond acceptors (Lipinski definition) is 8. The molecule has 6 rings (SSSR count). The summed E-state index contributed by atoms with van der Waals surface area (Å²) in [5, 5.41) is 11.4. The maximum Gasteiger partial charge on any atom is 0.320 e. The molecule has 0 spiro atoms. The number of benzene rings is 2. The lowest BCUT2D eigenvalue weighted by molar-refractivity contribution is -0.131. The Morgan fingerprint density at radius 2 is 1.98 bits per heavy atom. The first kappa shape index (κ1) is 29.7. The summed E-state index contributed by atoms with van der Waals surface area (Å²) in [6.45, 7) is 5.28. The Balaban J connectivity index is 1.43. The summed E-state index contributed by atoms with van der Waals surface area (Å²) in [6, 6.07) is 14.1. The fourth-order valence-electron chi connectivity index (χ4n) is 6.06. The smallest absolute Gasteiger partial charge is 0.320 e. The zero-order chi connectivity index (χ0) is 31.0. The van der Waals surface area contributed by atoms with Gasteiger partial charge in [0.1, 0.15) is 18.2 Å². The quantitative estimate of drug-likeness (QED) is 0.250. The third kappa shape index (κ3) is 5.63. The molecule has 0 bridgehead atoms. The molecule has 0 N–H and O–H groups in total. The second kappa shape index (κ2) is 12.3. The van der Waals surface area contributed by atoms with Crippen LogP contribution in [-0.4, -0.2) is 82.6 Å². The zero-order valence-corrected chi connectivity index (χ0v) is 24.9. The summed E-state index contributed by atoms with van der Waals surface area (Å²) in [6.07, 6.45) is 2.10. The topological polar surface area (TPSA) is 98.5 Å². The normalized spacial score (nSPS) is 19.0. The number of likely N-dealkylation sites (tertiary alicyclic amines) is 1. The summed E-state index contributed by atoms with van der Waals surface area (Å²) in [4.78, 5) is 32.3. The average molecular weight is 618 g/mol. The SMILES string of the molecule is C=C(F)C(=O)N1CCN(c2nc(OC[C@@H]3CCCN3C)nc3nc(-c4cccc5ccc(F)c(Cl)c45)ccc23)C[C@@H]1CC#N. The lowest BCUT2D eigenvalue weighted by Crippen LogP contribution is -2.55. The number of ether oxygens (including phenoxy) is 1. The number of halogens is 3. The number of hydrogen-bond donors (Lipinski definition) is 0. The predicted octanol–water partition coefficient (Wildman–Crippen LogP) is 5.52. The highest BCUT2D eigenvalue weighted by atomic mass is 35.5. The number of amides is 1. The van der Waals surface area contributed by atoms with E-state index in [-0.39, 0.29) is 36.6 Å². The molecule has 0 unspecified atom stereocenters. The van der Waals surface area contributed by atoms with Crippen molar-refractivity contribution in [3.8, 4) is 23.3 Å². The molecule has 0 saturated carbocycles. The van der Waals surface area contributed by atoms with E-state index in [4.69, 9.17) is 26.3 Å². The number of nitriles is 1. The van der Waals surface area contributed by atoms with Crippen molar-refractivity contribution in [2.75, 3.05) is 44.7 Å². The highest BCUT2D eigenvalue weighted by Gasteiger charge is 2.33. The number of fused-ring (bicyclic) bond motifs is 2. The average Bonchev–Trinajstić information content (AvgIpc) is 3.44. The van der Waals surface area contributed by atoms with Crippen molar-refractivity contribution in [1.29, 1.82) is 5.26 Å². The molecule has 9 nitrogen and oxygen atoms in total. The van der Waals surface area contributed by atoms with Crippen LogP contribution in [0.1, 0.15) is 19.3 Å². The predicted molar refractivity (Wildman–Crippen MR) is 165 cm³/mol. The van der Waals surface area contributed by atoms with Crippen LogP contribution in [0.25, 0.3) is 33.1 Å². The number of pyridine rings is 1. The molecule has 4 heterocycles. The molecule has 0 aliphatic carbocycles. The number of piperazine rings is 1. The van der Waals surface area contributed by atoms with E-state index in [0.29, 0.717) is 46.6 Å². The number of carbonyl (C=O) groups excluding carboxylic acids is 1. The van der Waals surface area contributed by atoms with E-state index in [1.165, 1.54) is 11.0 Å². The Labute approximate surface area is 258 Å². The van der Waals surface area contributed by atoms with Gasteiger partial charge in [-0.2, -0.15) is 15.2 Å². The molecule has 2 aromatic heterocycles. The van der Waals surface area contributed by atoms with Gasteiger partial charge in [-0.1, -0.05) is 42.4 Å². The first-order chi connectivity index (χ1) is 21.2. The molecule has 0 radical (unpaired) electrons. The number of likely N-dealkylation sites (N-methyl/N-ethyl adjacent to an activating group) is 1. The summed E-state index contributed by atoms with van der Waals surface area (Å²) in [5.41, 5.74) is 1.55. The van der Waals surface area contributed by atoms with E-state index in [1.807, 2.05) is 29.2 Å². The molecule has 2 saturated heterocycles. The number of nitrogens with zero attached hydrogens (tertiary/aromatic N) is 7. The van der Waals surface area contributed by atoms with Crippen LogP contribution in [0.4, 0.5) is 14.6 Å². The lowest BCUT2D eigenvalue weighted by Gasteiger charge is -2.41. The minimum absolute atomic E-state index is 0.0106. The molecule has 12 heteroatoms. The minimum atomic E-state index is -1.06. The molecule has 4 aromatic rings. The molecular weight excluding hydrogens is 588 g/mol. The van der Waals surface area contributed by atoms with Gasteiger partial charge in [0.15, 0.2) is 11.5 Å². The van der Waals surface area contributed by atoms with E-state index < -0.39 is 23.6 Å². The van der Waals surface area contributed by atoms with Crippen molar-refractivity contribution in [1.82, 2.24) is 24.8 Å². The van der Waals surface area contributed by atoms with Crippen LogP contribution in [0, 0.1) is 17.1 Å². The number of carbonyl (C=O) groups is 1. The maximum atomic E-state index is 14.5. The van der Waals surface area contributed by atoms with Crippen molar-refractivity contribution in [3.63, 3.8) is 0 Å². The number of anilines is 1. The Morgan fingerprint density at radius 3 is 2.73 bits per heavy atom. The van der Waals surface area contributed by atoms with E-state index in [2.05, 4.69) is 29.6 Å². The maximum absolute atomic E-state index is 14.5. The van der Waals surface area contributed by atoms with Crippen LogP contribution in [-0.2, 0) is 4.79 Å². The Kier molecular flexibility index (Phi) is 8.29. The first-order valence-electron chi connectivity index (χ1n) is 14.4. The Morgan fingerprint density at radius 1 is 1.14 bits per heavy atom. The van der Waals surface area contributed by atoms with Crippen molar-refractivity contribution in [2.24, 2.45) is 0 Å². The molecule has 2 atom stereocenters. The summed E-state index contributed by atoms with van der Waals surface area (Å²) >= 11 is 6.42. The van der Waals surface area contributed by atoms with Gasteiger partial charge in [-0.3, -0.25) is 4.79 Å². The van der Waals surface area contributed by atoms with Crippen LogP contribution < -0.4 is 9.64 Å². The minimum Gasteiger partial charge on any atom is -0.462 e. The monoisotopic (exact) mass is 617 g/mol. The lowest BCUT2D eigenvalue weighted by atomic mass is 10.0. The fraction of sp³-hybridized carbons (Fsp3) is 0.344. The summed E-state index contributed by atoms with van der Waals surface area (Å²) in [5.74, 6) is -1.88. The molecule has 2 aromatic carbocycles. The molecule has 1 amide bonds. The van der Waals surface area contributed by atoms with Crippen molar-refractivity contribution >= 4 is 45.1 Å². The number of rotatable bonds is 7. The largest absolute Gasteiger partial charge is 0.462 e. The van der Waals surface area contributed by atoms with E-state index in [0.717, 1.165) is 24.8 Å². The van der Waals surface area contributed by atoms with Crippen molar-refractivity contribution in [3.05, 3.63) is 65.7 Å². The van der Waals surface area contributed by atoms with E-state index >= 15 is 0 Å². The van der Waals surface area contributed by atoms with Gasteiger partial charge in [-0.15, -0.1) is 0 Å². The van der Waals surface area contributed by atoms with Gasteiger partial charge in [-0.05, 0) is 50.0 Å². The van der Waals surface area contributed by atoms with Crippen LogP contribution >= 0.6 is 11.6 Å². The van der Waals surface area contributed by atoms with Gasteiger partial charge in [0.2, 0.25) is 0 Å². The van der Waals surface area contributed by atoms with Crippen LogP contribution in [0.15, 0.2) is 54.9 Å². The molecule has 2 aliphatic rings. The van der Waals surface area contributed by atoms with Gasteiger partial charge >= 0.3 is 6.01 Å². The molecule has 2 aliphatic heterocycles. The second-order valence-corrected chi connectivity index (χ2v) is 11.5. The van der Waals surface area contributed by atoms with E-state index in [1.54, 1.807) is 12.1 Å². The molecule has 2 fully saturated rings. The van der Waals surface area contributed by atoms with Crippen molar-refractivity contribution in [2.45, 2.75) is 31.3 Å². The summed E-state index contributed by atoms with van der Waals surface area (Å²) in [7, 11) is 2.06. The fourth-order valence-corrected chi connectivity index (χ4v) is 6.34. The van der Waals surface area contributed by atoms with Crippen molar-refractivity contribution < 1.29 is 18.3 Å². The number of aromatic nitrogens is 3. The van der Waals surface area contributed by atoms with E-state index in [9.17, 15) is 18.8 Å².